The fourth-order valence-corrected chi connectivity index (χ4v) is 2.18. The molecular weight excluding hydrogens is 262 g/mol. The van der Waals surface area contributed by atoms with Gasteiger partial charge >= 0.3 is 0 Å². The van der Waals surface area contributed by atoms with Gasteiger partial charge in [0.25, 0.3) is 0 Å². The fourth-order valence-electron chi connectivity index (χ4n) is 2.18. The lowest BCUT2D eigenvalue weighted by atomic mass is 10.00. The normalized spacial score (nSPS) is 12.2. The van der Waals surface area contributed by atoms with E-state index in [1.165, 1.54) is 0 Å². The molecule has 5 heteroatoms. The topological polar surface area (TPSA) is 56.0 Å². The molecule has 110 valence electrons. The molecule has 0 aromatic heterocycles. The molecule has 1 unspecified atom stereocenters. The summed E-state index contributed by atoms with van der Waals surface area (Å²) in [5, 5.41) is 20.6. The van der Waals surface area contributed by atoms with Crippen LogP contribution in [0.25, 0.3) is 0 Å². The summed E-state index contributed by atoms with van der Waals surface area (Å²) in [7, 11) is 0. The van der Waals surface area contributed by atoms with Crippen molar-refractivity contribution >= 4 is 0 Å². The molecule has 0 radical (unpaired) electrons. The quantitative estimate of drug-likeness (QED) is 0.771. The van der Waals surface area contributed by atoms with Crippen molar-refractivity contribution in [3.05, 3.63) is 34.9 Å². The molecule has 0 aliphatic carbocycles. The Morgan fingerprint density at radius 2 is 1.95 bits per heavy atom. The first kappa shape index (κ1) is 16.5. The summed E-state index contributed by atoms with van der Waals surface area (Å²) < 4.78 is 27.3. The number of hydrogen-bond acceptors (Lipinski definition) is 3. The van der Waals surface area contributed by atoms with Gasteiger partial charge in [-0.1, -0.05) is 13.3 Å². The summed E-state index contributed by atoms with van der Waals surface area (Å²) in [5.74, 6) is -1.11. The van der Waals surface area contributed by atoms with Gasteiger partial charge in [0, 0.05) is 18.7 Å². The molecule has 0 fully saturated rings. The van der Waals surface area contributed by atoms with E-state index in [0.717, 1.165) is 25.0 Å². The summed E-state index contributed by atoms with van der Waals surface area (Å²) in [5.41, 5.74) is -0.0730. The third-order valence-corrected chi connectivity index (χ3v) is 3.24. The number of nitrogens with one attached hydrogen (secondary N) is 1. The third-order valence-electron chi connectivity index (χ3n) is 3.24. The minimum Gasteiger partial charge on any atom is -0.396 e. The van der Waals surface area contributed by atoms with E-state index in [9.17, 15) is 8.78 Å². The number of benzene rings is 1. The summed E-state index contributed by atoms with van der Waals surface area (Å²) in [6.45, 7) is 2.86. The van der Waals surface area contributed by atoms with E-state index >= 15 is 0 Å². The van der Waals surface area contributed by atoms with Crippen molar-refractivity contribution in [2.75, 3.05) is 13.2 Å². The van der Waals surface area contributed by atoms with Gasteiger partial charge in [0.1, 0.15) is 11.6 Å². The minimum atomic E-state index is -0.705. The average Bonchev–Trinajstić information content (AvgIpc) is 2.42. The van der Waals surface area contributed by atoms with Crippen molar-refractivity contribution in [1.29, 1.82) is 5.26 Å². The summed E-state index contributed by atoms with van der Waals surface area (Å²) in [6.07, 6.45) is 2.65. The van der Waals surface area contributed by atoms with Crippen LogP contribution in [0.3, 0.4) is 0 Å². The highest BCUT2D eigenvalue weighted by atomic mass is 19.1. The van der Waals surface area contributed by atoms with E-state index in [-0.39, 0.29) is 24.3 Å². The summed E-state index contributed by atoms with van der Waals surface area (Å²) in [6, 6.07) is 3.79. The number of aliphatic hydroxyl groups is 1. The fraction of sp³-hybridized carbons (Fsp3) is 0.533. The zero-order valence-corrected chi connectivity index (χ0v) is 11.6. The van der Waals surface area contributed by atoms with Crippen LogP contribution in [0.1, 0.15) is 37.3 Å². The summed E-state index contributed by atoms with van der Waals surface area (Å²) in [4.78, 5) is 0. The Balaban J connectivity index is 2.59. The molecule has 1 aromatic rings. The van der Waals surface area contributed by atoms with Gasteiger partial charge in [0.15, 0.2) is 0 Å². The van der Waals surface area contributed by atoms with Crippen molar-refractivity contribution in [1.82, 2.24) is 5.32 Å². The Morgan fingerprint density at radius 3 is 2.45 bits per heavy atom. The highest BCUT2D eigenvalue weighted by molar-refractivity contribution is 5.34. The van der Waals surface area contributed by atoms with E-state index < -0.39 is 11.6 Å². The SMILES string of the molecule is CCCC(CCO)CNCc1c(F)cc(C#N)cc1F. The third kappa shape index (κ3) is 4.87. The zero-order valence-electron chi connectivity index (χ0n) is 11.6. The van der Waals surface area contributed by atoms with Gasteiger partial charge < -0.3 is 10.4 Å². The summed E-state index contributed by atoms with van der Waals surface area (Å²) >= 11 is 0. The highest BCUT2D eigenvalue weighted by Gasteiger charge is 2.12. The monoisotopic (exact) mass is 282 g/mol. The van der Waals surface area contributed by atoms with Gasteiger partial charge in [-0.05, 0) is 37.4 Å². The highest BCUT2D eigenvalue weighted by Crippen LogP contribution is 2.15. The number of aliphatic hydroxyl groups excluding tert-OH is 1. The van der Waals surface area contributed by atoms with E-state index in [1.807, 2.05) is 0 Å². The molecule has 0 amide bonds. The average molecular weight is 282 g/mol. The Bertz CT molecular complexity index is 442. The van der Waals surface area contributed by atoms with Crippen LogP contribution in [0.2, 0.25) is 0 Å². The number of nitriles is 1. The van der Waals surface area contributed by atoms with Gasteiger partial charge in [-0.3, -0.25) is 0 Å². The van der Waals surface area contributed by atoms with Crippen molar-refractivity contribution in [2.24, 2.45) is 5.92 Å². The molecule has 0 aliphatic heterocycles. The Kier molecular flexibility index (Phi) is 7.13. The number of rotatable bonds is 8. The van der Waals surface area contributed by atoms with Crippen LogP contribution in [0.15, 0.2) is 12.1 Å². The van der Waals surface area contributed by atoms with Crippen LogP contribution in [0.4, 0.5) is 8.78 Å². The van der Waals surface area contributed by atoms with Crippen molar-refractivity contribution in [3.8, 4) is 6.07 Å². The maximum absolute atomic E-state index is 13.6. The molecular formula is C15H20F2N2O. The molecule has 1 aromatic carbocycles. The maximum Gasteiger partial charge on any atom is 0.131 e. The Morgan fingerprint density at radius 1 is 1.30 bits per heavy atom. The van der Waals surface area contributed by atoms with Crippen LogP contribution in [-0.2, 0) is 6.54 Å². The van der Waals surface area contributed by atoms with Crippen molar-refractivity contribution < 1.29 is 13.9 Å². The van der Waals surface area contributed by atoms with Crippen LogP contribution >= 0.6 is 0 Å². The second kappa shape index (κ2) is 8.62. The Hall–Kier alpha value is -1.51. The smallest absolute Gasteiger partial charge is 0.131 e. The molecule has 0 spiro atoms. The van der Waals surface area contributed by atoms with E-state index in [0.29, 0.717) is 18.9 Å². The molecule has 0 saturated carbocycles. The number of halogens is 2. The maximum atomic E-state index is 13.6. The number of nitrogens with zero attached hydrogens (tertiary/aromatic N) is 1. The van der Waals surface area contributed by atoms with Crippen LogP contribution in [-0.4, -0.2) is 18.3 Å². The van der Waals surface area contributed by atoms with Crippen molar-refractivity contribution in [2.45, 2.75) is 32.7 Å². The second-order valence-corrected chi connectivity index (χ2v) is 4.83. The standard InChI is InChI=1S/C15H20F2N2O/c1-2-3-11(4-5-20)9-19-10-13-14(16)6-12(8-18)7-15(13)17/h6-7,11,19-20H,2-5,9-10H2,1H3. The molecule has 3 nitrogen and oxygen atoms in total. The predicted octanol–water partition coefficient (Wildman–Crippen LogP) is 2.72. The minimum absolute atomic E-state index is 0.0205. The molecule has 2 N–H and O–H groups in total. The van der Waals surface area contributed by atoms with E-state index in [4.69, 9.17) is 10.4 Å². The molecule has 0 bridgehead atoms. The lowest BCUT2D eigenvalue weighted by Crippen LogP contribution is -2.24. The van der Waals surface area contributed by atoms with E-state index in [2.05, 4.69) is 12.2 Å². The van der Waals surface area contributed by atoms with Crippen LogP contribution in [0, 0.1) is 28.9 Å². The van der Waals surface area contributed by atoms with E-state index in [1.54, 1.807) is 6.07 Å². The van der Waals surface area contributed by atoms with Gasteiger partial charge in [-0.25, -0.2) is 8.78 Å². The first-order valence-corrected chi connectivity index (χ1v) is 6.82. The Labute approximate surface area is 118 Å². The lowest BCUT2D eigenvalue weighted by Gasteiger charge is -2.16. The van der Waals surface area contributed by atoms with Gasteiger partial charge in [-0.2, -0.15) is 5.26 Å². The van der Waals surface area contributed by atoms with Gasteiger partial charge in [-0.15, -0.1) is 0 Å². The zero-order chi connectivity index (χ0) is 15.0. The van der Waals surface area contributed by atoms with Gasteiger partial charge in [0.2, 0.25) is 0 Å². The lowest BCUT2D eigenvalue weighted by molar-refractivity contribution is 0.247. The van der Waals surface area contributed by atoms with Crippen molar-refractivity contribution in [3.63, 3.8) is 0 Å². The van der Waals surface area contributed by atoms with Crippen LogP contribution in [0.5, 0.6) is 0 Å². The largest absolute Gasteiger partial charge is 0.396 e. The van der Waals surface area contributed by atoms with Gasteiger partial charge in [0.05, 0.1) is 11.6 Å². The molecule has 0 heterocycles. The molecule has 1 atom stereocenters. The molecule has 0 aliphatic rings. The molecule has 20 heavy (non-hydrogen) atoms. The first-order chi connectivity index (χ1) is 9.62. The molecule has 0 saturated heterocycles. The first-order valence-electron chi connectivity index (χ1n) is 6.82. The predicted molar refractivity (Wildman–Crippen MR) is 72.9 cm³/mol. The second-order valence-electron chi connectivity index (χ2n) is 4.83. The number of hydrogen-bond donors (Lipinski definition) is 2. The van der Waals surface area contributed by atoms with Crippen LogP contribution < -0.4 is 5.32 Å². The molecule has 1 rings (SSSR count).